The third-order valence-electron chi connectivity index (χ3n) is 7.83. The predicted molar refractivity (Wildman–Crippen MR) is 160 cm³/mol. The van der Waals surface area contributed by atoms with Gasteiger partial charge in [-0.25, -0.2) is 9.97 Å². The van der Waals surface area contributed by atoms with Crippen LogP contribution in [-0.2, 0) is 22.0 Å². The number of anilines is 3. The van der Waals surface area contributed by atoms with Crippen LogP contribution < -0.4 is 15.4 Å². The van der Waals surface area contributed by atoms with Gasteiger partial charge in [0.25, 0.3) is 0 Å². The summed E-state index contributed by atoms with van der Waals surface area (Å²) >= 11 is 0. The second-order valence-electron chi connectivity index (χ2n) is 12.2. The van der Waals surface area contributed by atoms with Gasteiger partial charge in [-0.15, -0.1) is 0 Å². The number of carbonyl (C=O) groups is 1. The maximum Gasteiger partial charge on any atom is 0.228 e. The van der Waals surface area contributed by atoms with E-state index >= 15 is 0 Å². The number of nitrogens with one attached hydrogen (secondary N) is 2. The van der Waals surface area contributed by atoms with E-state index < -0.39 is 0 Å². The normalized spacial score (nSPS) is 17.6. The van der Waals surface area contributed by atoms with Crippen molar-refractivity contribution in [3.63, 3.8) is 0 Å². The van der Waals surface area contributed by atoms with Crippen molar-refractivity contribution >= 4 is 34.7 Å². The number of pyridine rings is 2. The Hall–Kier alpha value is -4.03. The zero-order chi connectivity index (χ0) is 29.4. The molecule has 4 aromatic rings. The fraction of sp³-hybridized carbons (Fsp3) is 0.500. The summed E-state index contributed by atoms with van der Waals surface area (Å²) in [7, 11) is 3.68. The number of aromatic nitrogens is 6. The van der Waals surface area contributed by atoms with Gasteiger partial charge in [0.05, 0.1) is 24.4 Å². The molecule has 1 saturated heterocycles. The smallest absolute Gasteiger partial charge is 0.228 e. The van der Waals surface area contributed by atoms with Crippen molar-refractivity contribution in [1.82, 2.24) is 34.2 Å². The lowest BCUT2D eigenvalue weighted by Crippen LogP contribution is -2.27. The van der Waals surface area contributed by atoms with Crippen LogP contribution in [0.4, 0.5) is 17.6 Å². The lowest BCUT2D eigenvalue weighted by Gasteiger charge is -2.23. The Morgan fingerprint density at radius 2 is 1.93 bits per heavy atom. The van der Waals surface area contributed by atoms with Crippen LogP contribution in [0, 0.1) is 5.92 Å². The molecule has 222 valence electrons. The lowest BCUT2D eigenvalue weighted by molar-refractivity contribution is -0.117. The van der Waals surface area contributed by atoms with E-state index in [0.717, 1.165) is 56.8 Å². The molecular formula is C30H39N9O3. The number of rotatable bonds is 10. The fourth-order valence-corrected chi connectivity index (χ4v) is 5.31. The van der Waals surface area contributed by atoms with Crippen molar-refractivity contribution in [1.29, 1.82) is 0 Å². The van der Waals surface area contributed by atoms with Gasteiger partial charge in [-0.1, -0.05) is 20.8 Å². The quantitative estimate of drug-likeness (QED) is 0.279. The Bertz CT molecular complexity index is 1580. The standard InChI is InChI=1S/C30H39N9O3/c1-30(2,3)24-16-26(36-39(24)20-9-11-38(18-20)12-13-41-5)34-29-35-27-23(37(29)4)14-22(17-32-27)42-21-8-10-31-25(15-21)33-28(40)19-6-7-19/h8,10,14-17,19-20H,6-7,9,11-13,18H2,1-5H3,(H,31,33,40)(H,32,34,35,36)/t20-/m1/s1. The first-order valence-electron chi connectivity index (χ1n) is 14.5. The number of hydrogen-bond acceptors (Lipinski definition) is 9. The van der Waals surface area contributed by atoms with Gasteiger partial charge in [0.15, 0.2) is 11.5 Å². The number of hydrogen-bond donors (Lipinski definition) is 2. The van der Waals surface area contributed by atoms with E-state index in [0.29, 0.717) is 35.0 Å². The number of nitrogens with zero attached hydrogens (tertiary/aromatic N) is 7. The molecule has 12 heteroatoms. The van der Waals surface area contributed by atoms with Gasteiger partial charge in [0, 0.05) is 75.2 Å². The van der Waals surface area contributed by atoms with Crippen LogP contribution in [0.1, 0.15) is 51.8 Å². The number of carbonyl (C=O) groups excluding carboxylic acids is 1. The molecule has 2 N–H and O–H groups in total. The number of aryl methyl sites for hydroxylation is 1. The summed E-state index contributed by atoms with van der Waals surface area (Å²) in [6.45, 7) is 10.3. The minimum Gasteiger partial charge on any atom is -0.455 e. The Labute approximate surface area is 245 Å². The summed E-state index contributed by atoms with van der Waals surface area (Å²) in [4.78, 5) is 28.0. The SMILES string of the molecule is COCCN1CC[C@@H](n2nc(Nc3nc4ncc(Oc5ccnc(NC(=O)C6CC6)c5)cc4n3C)cc2C(C)(C)C)C1. The summed E-state index contributed by atoms with van der Waals surface area (Å²) < 4.78 is 15.5. The van der Waals surface area contributed by atoms with Crippen molar-refractivity contribution in [2.45, 2.75) is 51.5 Å². The highest BCUT2D eigenvalue weighted by molar-refractivity contribution is 5.93. The van der Waals surface area contributed by atoms with Gasteiger partial charge in [-0.05, 0) is 25.3 Å². The van der Waals surface area contributed by atoms with Crippen LogP contribution in [0.2, 0.25) is 0 Å². The van der Waals surface area contributed by atoms with Crippen LogP contribution in [-0.4, -0.2) is 73.5 Å². The van der Waals surface area contributed by atoms with Crippen LogP contribution in [0.5, 0.6) is 11.5 Å². The summed E-state index contributed by atoms with van der Waals surface area (Å²) in [6.07, 6.45) is 6.18. The molecule has 1 atom stereocenters. The zero-order valence-electron chi connectivity index (χ0n) is 24.9. The van der Waals surface area contributed by atoms with Crippen molar-refractivity contribution in [2.75, 3.05) is 44.0 Å². The summed E-state index contributed by atoms with van der Waals surface area (Å²) in [5, 5.41) is 11.3. The van der Waals surface area contributed by atoms with Crippen molar-refractivity contribution in [3.05, 3.63) is 42.4 Å². The molecule has 0 bridgehead atoms. The van der Waals surface area contributed by atoms with E-state index in [2.05, 4.69) is 57.0 Å². The molecule has 1 aliphatic carbocycles. The average molecular weight is 574 g/mol. The molecule has 4 aromatic heterocycles. The molecule has 0 radical (unpaired) electrons. The fourth-order valence-electron chi connectivity index (χ4n) is 5.31. The molecule has 0 aromatic carbocycles. The van der Waals surface area contributed by atoms with E-state index in [-0.39, 0.29) is 17.2 Å². The van der Waals surface area contributed by atoms with E-state index in [4.69, 9.17) is 19.6 Å². The highest BCUT2D eigenvalue weighted by atomic mass is 16.5. The molecule has 6 rings (SSSR count). The molecule has 0 spiro atoms. The van der Waals surface area contributed by atoms with Gasteiger partial charge in [-0.3, -0.25) is 14.4 Å². The number of likely N-dealkylation sites (tertiary alicyclic amines) is 1. The number of methoxy groups -OCH3 is 1. The number of fused-ring (bicyclic) bond motifs is 1. The molecule has 5 heterocycles. The molecule has 2 fully saturated rings. The van der Waals surface area contributed by atoms with Crippen molar-refractivity contribution in [3.8, 4) is 11.5 Å². The van der Waals surface area contributed by atoms with Crippen LogP contribution in [0.3, 0.4) is 0 Å². The van der Waals surface area contributed by atoms with E-state index in [1.165, 1.54) is 5.69 Å². The third-order valence-corrected chi connectivity index (χ3v) is 7.83. The monoisotopic (exact) mass is 573 g/mol. The van der Waals surface area contributed by atoms with E-state index in [1.807, 2.05) is 17.7 Å². The molecule has 1 aliphatic heterocycles. The summed E-state index contributed by atoms with van der Waals surface area (Å²) in [6, 6.07) is 7.80. The second kappa shape index (κ2) is 11.3. The van der Waals surface area contributed by atoms with Crippen molar-refractivity contribution < 1.29 is 14.3 Å². The van der Waals surface area contributed by atoms with E-state index in [1.54, 1.807) is 31.6 Å². The maximum atomic E-state index is 12.1. The van der Waals surface area contributed by atoms with Crippen LogP contribution in [0.15, 0.2) is 36.7 Å². The van der Waals surface area contributed by atoms with E-state index in [9.17, 15) is 4.79 Å². The largest absolute Gasteiger partial charge is 0.455 e. The summed E-state index contributed by atoms with van der Waals surface area (Å²) in [5.41, 5.74) is 2.52. The molecule has 42 heavy (non-hydrogen) atoms. The second-order valence-corrected chi connectivity index (χ2v) is 12.2. The predicted octanol–water partition coefficient (Wildman–Crippen LogP) is 4.63. The number of amides is 1. The molecule has 12 nitrogen and oxygen atoms in total. The van der Waals surface area contributed by atoms with Gasteiger partial charge >= 0.3 is 0 Å². The van der Waals surface area contributed by atoms with Gasteiger partial charge in [-0.2, -0.15) is 10.1 Å². The van der Waals surface area contributed by atoms with Crippen LogP contribution in [0.25, 0.3) is 11.2 Å². The molecule has 0 unspecified atom stereocenters. The first-order chi connectivity index (χ1) is 20.2. The number of imidazole rings is 1. The highest BCUT2D eigenvalue weighted by Gasteiger charge is 2.31. The minimum atomic E-state index is -0.0689. The van der Waals surface area contributed by atoms with Crippen LogP contribution >= 0.6 is 0 Å². The first-order valence-corrected chi connectivity index (χ1v) is 14.5. The Balaban J connectivity index is 1.20. The summed E-state index contributed by atoms with van der Waals surface area (Å²) in [5.74, 6) is 3.09. The third kappa shape index (κ3) is 6.09. The Morgan fingerprint density at radius 3 is 2.69 bits per heavy atom. The molecule has 1 saturated carbocycles. The van der Waals surface area contributed by atoms with Gasteiger partial charge in [0.1, 0.15) is 17.3 Å². The zero-order valence-corrected chi connectivity index (χ0v) is 24.9. The Morgan fingerprint density at radius 1 is 1.10 bits per heavy atom. The molecule has 1 amide bonds. The molecular weight excluding hydrogens is 534 g/mol. The first kappa shape index (κ1) is 28.1. The van der Waals surface area contributed by atoms with Gasteiger partial charge < -0.3 is 24.7 Å². The maximum absolute atomic E-state index is 12.1. The van der Waals surface area contributed by atoms with Gasteiger partial charge in [0.2, 0.25) is 11.9 Å². The lowest BCUT2D eigenvalue weighted by atomic mass is 9.91. The molecule has 2 aliphatic rings. The van der Waals surface area contributed by atoms with Crippen molar-refractivity contribution in [2.24, 2.45) is 13.0 Å². The average Bonchev–Trinajstić information content (AvgIpc) is 3.42. The minimum absolute atomic E-state index is 0.00407. The topological polar surface area (TPSA) is 124 Å². The number of ether oxygens (including phenoxy) is 2. The highest BCUT2D eigenvalue weighted by Crippen LogP contribution is 2.33. The Kier molecular flexibility index (Phi) is 7.58.